The van der Waals surface area contributed by atoms with Gasteiger partial charge in [-0.2, -0.15) is 0 Å². The average Bonchev–Trinajstić information content (AvgIpc) is 2.78. The summed E-state index contributed by atoms with van der Waals surface area (Å²) in [6.45, 7) is 6.31. The Bertz CT molecular complexity index is 875. The summed E-state index contributed by atoms with van der Waals surface area (Å²) < 4.78 is 0. The first-order chi connectivity index (χ1) is 11.7. The first-order valence-electron chi connectivity index (χ1n) is 7.85. The second kappa shape index (κ2) is 6.32. The van der Waals surface area contributed by atoms with Crippen LogP contribution >= 0.6 is 23.2 Å². The molecule has 25 heavy (non-hydrogen) atoms. The number of rotatable bonds is 2. The van der Waals surface area contributed by atoms with Crippen LogP contribution in [0.15, 0.2) is 53.6 Å². The van der Waals surface area contributed by atoms with Crippen LogP contribution in [-0.2, 0) is 15.0 Å². The molecule has 0 fully saturated rings. The molecule has 0 aromatic heterocycles. The quantitative estimate of drug-likeness (QED) is 0.681. The van der Waals surface area contributed by atoms with E-state index in [0.717, 1.165) is 10.5 Å². The van der Waals surface area contributed by atoms with Crippen molar-refractivity contribution in [2.45, 2.75) is 26.2 Å². The predicted molar refractivity (Wildman–Crippen MR) is 102 cm³/mol. The molecule has 1 aliphatic rings. The Morgan fingerprint density at radius 1 is 0.800 bits per heavy atom. The molecule has 1 heterocycles. The van der Waals surface area contributed by atoms with Gasteiger partial charge in [0.25, 0.3) is 11.8 Å². The normalized spacial score (nSPS) is 15.3. The Morgan fingerprint density at radius 2 is 1.36 bits per heavy atom. The molecule has 2 amide bonds. The summed E-state index contributed by atoms with van der Waals surface area (Å²) in [5.74, 6) is -0.944. The van der Waals surface area contributed by atoms with Gasteiger partial charge in [0.1, 0.15) is 5.03 Å². The molecule has 1 aliphatic heterocycles. The van der Waals surface area contributed by atoms with Crippen LogP contribution in [-0.4, -0.2) is 11.8 Å². The molecular weight excluding hydrogens is 357 g/mol. The van der Waals surface area contributed by atoms with Crippen LogP contribution in [0.5, 0.6) is 0 Å². The van der Waals surface area contributed by atoms with E-state index in [0.29, 0.717) is 16.3 Å². The first-order valence-corrected chi connectivity index (χ1v) is 8.61. The molecule has 0 aliphatic carbocycles. The van der Waals surface area contributed by atoms with Crippen LogP contribution < -0.4 is 4.90 Å². The van der Waals surface area contributed by atoms with Crippen molar-refractivity contribution in [2.24, 2.45) is 0 Å². The van der Waals surface area contributed by atoms with E-state index in [-0.39, 0.29) is 16.0 Å². The Morgan fingerprint density at radius 3 is 1.88 bits per heavy atom. The highest BCUT2D eigenvalue weighted by molar-refractivity contribution is 6.60. The zero-order chi connectivity index (χ0) is 18.4. The standard InChI is InChI=1S/C20H17Cl2NO2/c1-20(2,3)13-6-10-15(11-7-13)23-18(24)16(17(22)19(23)25)12-4-8-14(21)9-5-12/h4-11H,1-3H3. The van der Waals surface area contributed by atoms with Gasteiger partial charge in [0.2, 0.25) is 0 Å². The van der Waals surface area contributed by atoms with Crippen molar-refractivity contribution in [1.29, 1.82) is 0 Å². The fourth-order valence-electron chi connectivity index (χ4n) is 2.71. The molecule has 0 saturated heterocycles. The smallest absolute Gasteiger partial charge is 0.268 e. The molecule has 0 unspecified atom stereocenters. The number of anilines is 1. The van der Waals surface area contributed by atoms with Gasteiger partial charge in [-0.05, 0) is 40.8 Å². The van der Waals surface area contributed by atoms with Crippen molar-refractivity contribution in [1.82, 2.24) is 0 Å². The number of carbonyl (C=O) groups is 2. The fourth-order valence-corrected chi connectivity index (χ4v) is 3.12. The third-order valence-corrected chi connectivity index (χ3v) is 4.75. The largest absolute Gasteiger partial charge is 0.277 e. The number of hydrogen-bond donors (Lipinski definition) is 0. The van der Waals surface area contributed by atoms with E-state index in [4.69, 9.17) is 23.2 Å². The van der Waals surface area contributed by atoms with Crippen molar-refractivity contribution in [3.63, 3.8) is 0 Å². The van der Waals surface area contributed by atoms with Gasteiger partial charge in [-0.1, -0.05) is 68.2 Å². The van der Waals surface area contributed by atoms with Gasteiger partial charge in [0, 0.05) is 5.02 Å². The number of nitrogens with zero attached hydrogens (tertiary/aromatic N) is 1. The van der Waals surface area contributed by atoms with Crippen LogP contribution in [0.25, 0.3) is 5.57 Å². The fraction of sp³-hybridized carbons (Fsp3) is 0.200. The van der Waals surface area contributed by atoms with E-state index in [9.17, 15) is 9.59 Å². The highest BCUT2D eigenvalue weighted by atomic mass is 35.5. The summed E-state index contributed by atoms with van der Waals surface area (Å²) in [4.78, 5) is 26.5. The molecule has 2 aromatic rings. The molecule has 3 nitrogen and oxygen atoms in total. The summed E-state index contributed by atoms with van der Waals surface area (Å²) >= 11 is 12.1. The van der Waals surface area contributed by atoms with Crippen LogP contribution in [0.3, 0.4) is 0 Å². The summed E-state index contributed by atoms with van der Waals surface area (Å²) in [6.07, 6.45) is 0. The van der Waals surface area contributed by atoms with E-state index >= 15 is 0 Å². The lowest BCUT2D eigenvalue weighted by atomic mass is 9.87. The Hall–Kier alpha value is -2.10. The molecule has 5 heteroatoms. The molecule has 0 saturated carbocycles. The van der Waals surface area contributed by atoms with Gasteiger partial charge in [-0.25, -0.2) is 4.90 Å². The second-order valence-corrected chi connectivity index (χ2v) is 7.75. The maximum absolute atomic E-state index is 12.8. The minimum Gasteiger partial charge on any atom is -0.268 e. The van der Waals surface area contributed by atoms with Gasteiger partial charge in [0.15, 0.2) is 0 Å². The Labute approximate surface area is 156 Å². The number of halogens is 2. The van der Waals surface area contributed by atoms with E-state index in [1.54, 1.807) is 36.4 Å². The number of carbonyl (C=O) groups excluding carboxylic acids is 2. The van der Waals surface area contributed by atoms with Crippen molar-refractivity contribution in [3.05, 3.63) is 69.7 Å². The summed E-state index contributed by atoms with van der Waals surface area (Å²) in [5.41, 5.74) is 2.38. The molecule has 2 aromatic carbocycles. The van der Waals surface area contributed by atoms with Gasteiger partial charge in [-0.15, -0.1) is 0 Å². The minimum atomic E-state index is -0.514. The van der Waals surface area contributed by atoms with Gasteiger partial charge in [0.05, 0.1) is 11.3 Å². The zero-order valence-electron chi connectivity index (χ0n) is 14.1. The summed E-state index contributed by atoms with van der Waals surface area (Å²) in [5, 5.41) is 0.471. The van der Waals surface area contributed by atoms with E-state index < -0.39 is 11.8 Å². The van der Waals surface area contributed by atoms with Crippen LogP contribution in [0.2, 0.25) is 5.02 Å². The Kier molecular flexibility index (Phi) is 4.48. The number of imide groups is 1. The van der Waals surface area contributed by atoms with Crippen molar-refractivity contribution in [2.75, 3.05) is 4.90 Å². The molecule has 3 rings (SSSR count). The van der Waals surface area contributed by atoms with Crippen molar-refractivity contribution >= 4 is 46.3 Å². The third kappa shape index (κ3) is 3.22. The van der Waals surface area contributed by atoms with E-state index in [2.05, 4.69) is 20.8 Å². The molecule has 0 atom stereocenters. The maximum Gasteiger partial charge on any atom is 0.277 e. The minimum absolute atomic E-state index is 0.0120. The van der Waals surface area contributed by atoms with E-state index in [1.807, 2.05) is 12.1 Å². The maximum atomic E-state index is 12.8. The lowest BCUT2D eigenvalue weighted by molar-refractivity contribution is -0.119. The lowest BCUT2D eigenvalue weighted by Gasteiger charge is -2.21. The van der Waals surface area contributed by atoms with Crippen LogP contribution in [0, 0.1) is 0 Å². The van der Waals surface area contributed by atoms with E-state index in [1.165, 1.54) is 0 Å². The molecule has 0 radical (unpaired) electrons. The number of hydrogen-bond acceptors (Lipinski definition) is 2. The summed E-state index contributed by atoms with van der Waals surface area (Å²) in [7, 11) is 0. The SMILES string of the molecule is CC(C)(C)c1ccc(N2C(=O)C(Cl)=C(c3ccc(Cl)cc3)C2=O)cc1. The molecule has 128 valence electrons. The molecule has 0 bridgehead atoms. The zero-order valence-corrected chi connectivity index (χ0v) is 15.7. The first kappa shape index (κ1) is 17.7. The number of benzene rings is 2. The van der Waals surface area contributed by atoms with Crippen molar-refractivity contribution in [3.8, 4) is 0 Å². The van der Waals surface area contributed by atoms with Crippen molar-refractivity contribution < 1.29 is 9.59 Å². The monoisotopic (exact) mass is 373 g/mol. The topological polar surface area (TPSA) is 37.4 Å². The van der Waals surface area contributed by atoms with Crippen LogP contribution in [0.4, 0.5) is 5.69 Å². The summed E-state index contributed by atoms with van der Waals surface area (Å²) in [6, 6.07) is 14.1. The lowest BCUT2D eigenvalue weighted by Crippen LogP contribution is -2.31. The highest BCUT2D eigenvalue weighted by Gasteiger charge is 2.39. The number of amides is 2. The van der Waals surface area contributed by atoms with Gasteiger partial charge < -0.3 is 0 Å². The van der Waals surface area contributed by atoms with Gasteiger partial charge >= 0.3 is 0 Å². The highest BCUT2D eigenvalue weighted by Crippen LogP contribution is 2.35. The average molecular weight is 374 g/mol. The molecular formula is C20H17Cl2NO2. The van der Waals surface area contributed by atoms with Gasteiger partial charge in [-0.3, -0.25) is 9.59 Å². The second-order valence-electron chi connectivity index (χ2n) is 6.94. The molecule has 0 N–H and O–H groups in total. The van der Waals surface area contributed by atoms with Crippen LogP contribution in [0.1, 0.15) is 31.9 Å². The predicted octanol–water partition coefficient (Wildman–Crippen LogP) is 5.16. The third-order valence-electron chi connectivity index (χ3n) is 4.15. The molecule has 0 spiro atoms. The Balaban J connectivity index is 1.97.